The summed E-state index contributed by atoms with van der Waals surface area (Å²) in [5.41, 5.74) is 1.43. The van der Waals surface area contributed by atoms with Gasteiger partial charge >= 0.3 is 5.69 Å². The summed E-state index contributed by atoms with van der Waals surface area (Å²) in [5, 5.41) is 8.85. The van der Waals surface area contributed by atoms with Crippen molar-refractivity contribution in [1.29, 1.82) is 5.39 Å². The van der Waals surface area contributed by atoms with Gasteiger partial charge in [-0.1, -0.05) is 30.3 Å². The van der Waals surface area contributed by atoms with Crippen LogP contribution in [0.2, 0.25) is 0 Å². The molecule has 0 aliphatic rings. The average Bonchev–Trinajstić information content (AvgIpc) is 2.45. The molecule has 90 valence electrons. The summed E-state index contributed by atoms with van der Waals surface area (Å²) in [7, 11) is 1.52. The van der Waals surface area contributed by atoms with Crippen molar-refractivity contribution in [2.45, 2.75) is 6.61 Å². The molecule has 0 spiro atoms. The minimum absolute atomic E-state index is 0.350. The van der Waals surface area contributed by atoms with Gasteiger partial charge in [-0.3, -0.25) is 0 Å². The van der Waals surface area contributed by atoms with Gasteiger partial charge in [0.05, 0.1) is 13.2 Å². The first-order chi connectivity index (χ1) is 8.83. The van der Waals surface area contributed by atoms with E-state index in [1.165, 1.54) is 7.11 Å². The Morgan fingerprint density at radius 1 is 1.11 bits per heavy atom. The van der Waals surface area contributed by atoms with Crippen LogP contribution in [0.1, 0.15) is 5.56 Å². The van der Waals surface area contributed by atoms with Crippen LogP contribution in [-0.4, -0.2) is 7.11 Å². The van der Waals surface area contributed by atoms with Crippen LogP contribution in [0.3, 0.4) is 0 Å². The van der Waals surface area contributed by atoms with Crippen LogP contribution < -0.4 is 9.47 Å². The number of hydrogen-bond acceptors (Lipinski definition) is 3. The summed E-state index contributed by atoms with van der Waals surface area (Å²) < 4.78 is 10.7. The van der Waals surface area contributed by atoms with Crippen LogP contribution in [0.15, 0.2) is 48.5 Å². The summed E-state index contributed by atoms with van der Waals surface area (Å²) in [6.07, 6.45) is 0. The van der Waals surface area contributed by atoms with E-state index in [9.17, 15) is 0 Å². The van der Waals surface area contributed by atoms with Crippen molar-refractivity contribution in [3.05, 3.63) is 59.1 Å². The van der Waals surface area contributed by atoms with Crippen LogP contribution in [-0.2, 0) is 6.61 Å². The standard InChI is InChI=1S/C14H13N2O2/c1-17-14-8-7-12(9-13(14)16-15)18-10-11-5-3-2-4-6-11/h2-9H,10H2,1H3/q+1. The molecule has 0 radical (unpaired) electrons. The predicted octanol–water partition coefficient (Wildman–Crippen LogP) is 3.76. The molecular weight excluding hydrogens is 228 g/mol. The molecule has 2 aromatic rings. The smallest absolute Gasteiger partial charge is 0.429 e. The van der Waals surface area contributed by atoms with Crippen molar-refractivity contribution < 1.29 is 9.47 Å². The second kappa shape index (κ2) is 5.69. The number of hydrogen-bond donors (Lipinski definition) is 0. The van der Waals surface area contributed by atoms with E-state index >= 15 is 0 Å². The van der Waals surface area contributed by atoms with E-state index < -0.39 is 0 Å². The minimum Gasteiger partial charge on any atom is -0.489 e. The maximum atomic E-state index is 8.85. The van der Waals surface area contributed by atoms with E-state index in [1.54, 1.807) is 18.2 Å². The van der Waals surface area contributed by atoms with Gasteiger partial charge in [0, 0.05) is 0 Å². The number of diazo groups is 1. The Balaban J connectivity index is 2.09. The Kier molecular flexibility index (Phi) is 3.77. The van der Waals surface area contributed by atoms with Crippen LogP contribution in [0.25, 0.3) is 4.98 Å². The molecule has 0 bridgehead atoms. The normalized spacial score (nSPS) is 9.56. The summed E-state index contributed by atoms with van der Waals surface area (Å²) in [6, 6.07) is 15.0. The molecule has 0 unspecified atom stereocenters. The van der Waals surface area contributed by atoms with Crippen LogP contribution >= 0.6 is 0 Å². The average molecular weight is 241 g/mol. The highest BCUT2D eigenvalue weighted by molar-refractivity contribution is 5.60. The van der Waals surface area contributed by atoms with Crippen molar-refractivity contribution in [2.75, 3.05) is 7.11 Å². The highest BCUT2D eigenvalue weighted by atomic mass is 16.5. The SMILES string of the molecule is COc1ccc(OCc2ccccc2)cc1[N+]#N. The zero-order valence-electron chi connectivity index (χ0n) is 10.0. The van der Waals surface area contributed by atoms with Crippen molar-refractivity contribution in [3.8, 4) is 11.5 Å². The van der Waals surface area contributed by atoms with Gasteiger partial charge < -0.3 is 9.47 Å². The van der Waals surface area contributed by atoms with Gasteiger partial charge in [-0.15, -0.1) is 0 Å². The van der Waals surface area contributed by atoms with E-state index in [-0.39, 0.29) is 0 Å². The summed E-state index contributed by atoms with van der Waals surface area (Å²) in [5.74, 6) is 1.14. The van der Waals surface area contributed by atoms with E-state index in [4.69, 9.17) is 14.9 Å². The summed E-state index contributed by atoms with van der Waals surface area (Å²) in [4.78, 5) is 3.15. The number of methoxy groups -OCH3 is 1. The predicted molar refractivity (Wildman–Crippen MR) is 68.5 cm³/mol. The van der Waals surface area contributed by atoms with Crippen LogP contribution in [0.4, 0.5) is 5.69 Å². The molecule has 2 aromatic carbocycles. The third-order valence-electron chi connectivity index (χ3n) is 2.51. The molecule has 0 saturated carbocycles. The lowest BCUT2D eigenvalue weighted by Gasteiger charge is -2.05. The summed E-state index contributed by atoms with van der Waals surface area (Å²) >= 11 is 0. The topological polar surface area (TPSA) is 46.6 Å². The zero-order valence-corrected chi connectivity index (χ0v) is 10.0. The van der Waals surface area contributed by atoms with E-state index in [0.717, 1.165) is 5.56 Å². The summed E-state index contributed by atoms with van der Waals surface area (Å²) in [6.45, 7) is 0.470. The molecule has 4 heteroatoms. The monoisotopic (exact) mass is 241 g/mol. The van der Waals surface area contributed by atoms with Gasteiger partial charge in [-0.2, -0.15) is 0 Å². The molecule has 4 nitrogen and oxygen atoms in total. The van der Waals surface area contributed by atoms with E-state index in [1.807, 2.05) is 30.3 Å². The molecule has 0 amide bonds. The molecule has 0 aromatic heterocycles. The maximum Gasteiger partial charge on any atom is 0.429 e. The number of ether oxygens (including phenoxy) is 2. The number of nitrogens with zero attached hydrogens (tertiary/aromatic N) is 2. The fourth-order valence-corrected chi connectivity index (χ4v) is 1.58. The van der Waals surface area contributed by atoms with E-state index in [0.29, 0.717) is 23.8 Å². The second-order valence-electron chi connectivity index (χ2n) is 3.71. The van der Waals surface area contributed by atoms with Gasteiger partial charge in [0.25, 0.3) is 0 Å². The minimum atomic E-state index is 0.350. The molecule has 0 fully saturated rings. The van der Waals surface area contributed by atoms with Crippen molar-refractivity contribution >= 4 is 5.69 Å². The highest BCUT2D eigenvalue weighted by Gasteiger charge is 2.15. The lowest BCUT2D eigenvalue weighted by atomic mass is 10.2. The van der Waals surface area contributed by atoms with Gasteiger partial charge in [0.2, 0.25) is 11.1 Å². The molecule has 0 aliphatic heterocycles. The molecule has 2 rings (SSSR count). The first kappa shape index (κ1) is 11.9. The molecule has 18 heavy (non-hydrogen) atoms. The van der Waals surface area contributed by atoms with Gasteiger partial charge in [-0.25, -0.2) is 0 Å². The van der Waals surface area contributed by atoms with Gasteiger partial charge in [-0.05, 0) is 17.7 Å². The van der Waals surface area contributed by atoms with E-state index in [2.05, 4.69) is 4.98 Å². The lowest BCUT2D eigenvalue weighted by Crippen LogP contribution is -1.95. The second-order valence-corrected chi connectivity index (χ2v) is 3.71. The third-order valence-corrected chi connectivity index (χ3v) is 2.51. The fraction of sp³-hybridized carbons (Fsp3) is 0.143. The van der Waals surface area contributed by atoms with Gasteiger partial charge in [0.15, 0.2) is 4.98 Å². The van der Waals surface area contributed by atoms with Crippen molar-refractivity contribution in [2.24, 2.45) is 0 Å². The maximum absolute atomic E-state index is 8.85. The lowest BCUT2D eigenvalue weighted by molar-refractivity contribution is 0.306. The van der Waals surface area contributed by atoms with Crippen molar-refractivity contribution in [1.82, 2.24) is 0 Å². The third kappa shape index (κ3) is 2.77. The fourth-order valence-electron chi connectivity index (χ4n) is 1.58. The van der Waals surface area contributed by atoms with Gasteiger partial charge in [0.1, 0.15) is 12.4 Å². The molecular formula is C14H13N2O2+. The quantitative estimate of drug-likeness (QED) is 0.765. The Bertz CT molecular complexity index is 562. The zero-order chi connectivity index (χ0) is 12.8. The number of rotatable bonds is 4. The Labute approximate surface area is 105 Å². The molecule has 0 N–H and O–H groups in total. The Morgan fingerprint density at radius 2 is 1.89 bits per heavy atom. The molecule has 0 saturated heterocycles. The Hall–Kier alpha value is -2.54. The highest BCUT2D eigenvalue weighted by Crippen LogP contribution is 2.31. The first-order valence-corrected chi connectivity index (χ1v) is 5.53. The first-order valence-electron chi connectivity index (χ1n) is 5.53. The number of benzene rings is 2. The molecule has 0 atom stereocenters. The van der Waals surface area contributed by atoms with Crippen LogP contribution in [0, 0.1) is 5.39 Å². The van der Waals surface area contributed by atoms with Crippen molar-refractivity contribution in [3.63, 3.8) is 0 Å². The largest absolute Gasteiger partial charge is 0.489 e. The Morgan fingerprint density at radius 3 is 2.56 bits per heavy atom. The van der Waals surface area contributed by atoms with Crippen LogP contribution in [0.5, 0.6) is 11.5 Å². The molecule has 0 aliphatic carbocycles. The molecule has 0 heterocycles.